The minimum atomic E-state index is -2.31. The molecular weight excluding hydrogens is 833 g/mol. The van der Waals surface area contributed by atoms with Crippen LogP contribution in [0.5, 0.6) is 5.75 Å². The summed E-state index contributed by atoms with van der Waals surface area (Å²) in [7, 11) is 0. The van der Waals surface area contributed by atoms with Gasteiger partial charge >= 0.3 is 0 Å². The Morgan fingerprint density at radius 1 is 0.839 bits per heavy atom. The normalized spacial score (nSPS) is 28.5. The molecule has 10 atom stereocenters. The predicted octanol–water partition coefficient (Wildman–Crippen LogP) is -3.86. The molecule has 23 heteroatoms. The Balaban J connectivity index is 1.71. The van der Waals surface area contributed by atoms with E-state index in [1.165, 1.54) is 18.2 Å². The van der Waals surface area contributed by atoms with E-state index in [9.17, 15) is 57.9 Å². The van der Waals surface area contributed by atoms with Crippen LogP contribution in [0.4, 0.5) is 0 Å². The molecule has 3 aliphatic heterocycles. The molecule has 1 saturated heterocycles. The number of fused-ring (bicyclic) bond motifs is 5. The van der Waals surface area contributed by atoms with Crippen LogP contribution in [0, 0.1) is 11.8 Å². The zero-order valence-electron chi connectivity index (χ0n) is 34.7. The van der Waals surface area contributed by atoms with Crippen molar-refractivity contribution in [3.8, 4) is 5.75 Å². The largest absolute Gasteiger partial charge is 0.610 e. The van der Waals surface area contributed by atoms with E-state index in [1.54, 1.807) is 27.7 Å². The van der Waals surface area contributed by atoms with E-state index in [1.807, 2.05) is 0 Å². The Bertz CT molecular complexity index is 2100. The summed E-state index contributed by atoms with van der Waals surface area (Å²) in [6, 6.07) is -4.96. The van der Waals surface area contributed by atoms with Gasteiger partial charge in [-0.3, -0.25) is 43.2 Å². The van der Waals surface area contributed by atoms with Crippen LogP contribution in [-0.4, -0.2) is 146 Å². The van der Waals surface area contributed by atoms with Crippen molar-refractivity contribution >= 4 is 75.2 Å². The van der Waals surface area contributed by atoms with Crippen molar-refractivity contribution in [3.63, 3.8) is 0 Å². The van der Waals surface area contributed by atoms with Gasteiger partial charge in [0.2, 0.25) is 58.2 Å². The van der Waals surface area contributed by atoms with Crippen molar-refractivity contribution < 1.29 is 57.9 Å². The molecule has 9 amide bonds. The summed E-state index contributed by atoms with van der Waals surface area (Å²) >= 11 is -2.31. The van der Waals surface area contributed by atoms with Crippen LogP contribution in [0.2, 0.25) is 0 Å². The molecule has 0 spiro atoms. The number of aliphatic hydroxyl groups is 1. The molecule has 1 aromatic heterocycles. The maximum absolute atomic E-state index is 14.5. The number of amides is 9. The quantitative estimate of drug-likeness (QED) is 0.124. The maximum atomic E-state index is 14.5. The standard InChI is InChI=1S/C39H54N10O12S/c1-5-17(3)31-36(58)42-13-29(53)43-26-16-62(61)38-22(21-9-19(50)7-8-23(21)46-38)11-24(33(55)41-14-30(54)47-31)44-37(59)32(18(4)6-2)48-35(57)27-10-20(51)15-49(27)39(60)25(12-28(40)52)45-34(26)56/h7-9,17-18,20,24-27,31-32,46,50-51H,5-6,10-16H2,1-4H3,(H2,40,52)(H,41,55)(H,42,58)(H,43,53)(H,44,59)(H,45,56)(H,47,54)(H,48,57)/t17-,18-,20+,24-,25-,26-,27-,31-,32-,62?/m0/s1. The predicted molar refractivity (Wildman–Crippen MR) is 219 cm³/mol. The van der Waals surface area contributed by atoms with E-state index in [-0.39, 0.29) is 28.1 Å². The summed E-state index contributed by atoms with van der Waals surface area (Å²) in [4.78, 5) is 127. The Hall–Kier alpha value is -5.94. The summed E-state index contributed by atoms with van der Waals surface area (Å²) in [6.07, 6.45) is -2.06. The molecule has 0 radical (unpaired) electrons. The molecular formula is C39H54N10O12S. The molecule has 3 aliphatic rings. The van der Waals surface area contributed by atoms with E-state index in [2.05, 4.69) is 42.2 Å². The Labute approximate surface area is 359 Å². The number of aromatic amines is 1. The molecule has 1 unspecified atom stereocenters. The van der Waals surface area contributed by atoms with Crippen LogP contribution in [0.15, 0.2) is 23.2 Å². The number of hydrogen-bond donors (Lipinski definition) is 11. The van der Waals surface area contributed by atoms with Crippen LogP contribution < -0.4 is 43.0 Å². The molecule has 4 heterocycles. The summed E-state index contributed by atoms with van der Waals surface area (Å²) in [5.41, 5.74) is 5.93. The average molecular weight is 887 g/mol. The highest BCUT2D eigenvalue weighted by molar-refractivity contribution is 7.91. The van der Waals surface area contributed by atoms with Crippen LogP contribution in [0.3, 0.4) is 0 Å². The van der Waals surface area contributed by atoms with Gasteiger partial charge in [-0.25, -0.2) is 0 Å². The fraction of sp³-hybridized carbons (Fsp3) is 0.564. The lowest BCUT2D eigenvalue weighted by Gasteiger charge is -2.32. The molecule has 338 valence electrons. The fourth-order valence-corrected chi connectivity index (χ4v) is 8.97. The van der Waals surface area contributed by atoms with Crippen LogP contribution in [-0.2, 0) is 60.7 Å². The van der Waals surface area contributed by atoms with Gasteiger partial charge in [-0.1, -0.05) is 40.5 Å². The highest BCUT2D eigenvalue weighted by Crippen LogP contribution is 2.31. The number of nitrogens with two attached hydrogens (primary N) is 1. The van der Waals surface area contributed by atoms with Gasteiger partial charge in [-0.05, 0) is 30.0 Å². The van der Waals surface area contributed by atoms with Crippen LogP contribution in [0.1, 0.15) is 58.9 Å². The molecule has 1 aromatic carbocycles. The Kier molecular flexibility index (Phi) is 15.4. The van der Waals surface area contributed by atoms with Crippen LogP contribution in [0.25, 0.3) is 10.9 Å². The summed E-state index contributed by atoms with van der Waals surface area (Å²) in [5.74, 6) is -10.4. The zero-order valence-corrected chi connectivity index (χ0v) is 35.5. The first-order chi connectivity index (χ1) is 29.3. The monoisotopic (exact) mass is 886 g/mol. The topological polar surface area (TPSA) is 346 Å². The minimum Gasteiger partial charge on any atom is -0.610 e. The number of H-pyrrole nitrogens is 1. The Morgan fingerprint density at radius 3 is 2.11 bits per heavy atom. The number of aliphatic hydroxyl groups excluding tert-OH is 1. The highest BCUT2D eigenvalue weighted by atomic mass is 32.2. The van der Waals surface area contributed by atoms with Crippen LogP contribution >= 0.6 is 0 Å². The third kappa shape index (κ3) is 11.1. The number of hydrogen-bond acceptors (Lipinski definition) is 12. The minimum absolute atomic E-state index is 0.0974. The molecule has 2 aromatic rings. The molecule has 22 nitrogen and oxygen atoms in total. The molecule has 2 bridgehead atoms. The van der Waals surface area contributed by atoms with Gasteiger partial charge in [0.15, 0.2) is 6.04 Å². The van der Waals surface area contributed by atoms with Crippen molar-refractivity contribution in [2.75, 3.05) is 25.4 Å². The third-order valence-corrected chi connectivity index (χ3v) is 12.9. The average Bonchev–Trinajstić information content (AvgIpc) is 3.80. The number of carbonyl (C=O) groups excluding carboxylic acids is 9. The summed E-state index contributed by atoms with van der Waals surface area (Å²) in [5, 5.41) is 38.9. The smallest absolute Gasteiger partial charge is 0.248 e. The first kappa shape index (κ1) is 47.1. The molecule has 0 aliphatic carbocycles. The van der Waals surface area contributed by atoms with Gasteiger partial charge in [0.25, 0.3) is 0 Å². The molecule has 0 saturated carbocycles. The number of rotatable bonds is 6. The number of aromatic nitrogens is 1. The molecule has 62 heavy (non-hydrogen) atoms. The Morgan fingerprint density at radius 2 is 1.47 bits per heavy atom. The van der Waals surface area contributed by atoms with Gasteiger partial charge in [0, 0.05) is 47.0 Å². The zero-order chi connectivity index (χ0) is 45.6. The van der Waals surface area contributed by atoms with Crippen molar-refractivity contribution in [1.82, 2.24) is 47.1 Å². The highest BCUT2D eigenvalue weighted by Gasteiger charge is 2.45. The van der Waals surface area contributed by atoms with Crippen molar-refractivity contribution in [2.24, 2.45) is 17.6 Å². The first-order valence-electron chi connectivity index (χ1n) is 20.4. The van der Waals surface area contributed by atoms with Gasteiger partial charge in [-0.15, -0.1) is 0 Å². The lowest BCUT2D eigenvalue weighted by atomic mass is 9.96. The van der Waals surface area contributed by atoms with Gasteiger partial charge in [-0.2, -0.15) is 0 Å². The first-order valence-corrected chi connectivity index (χ1v) is 21.7. The summed E-state index contributed by atoms with van der Waals surface area (Å²) < 4.78 is 14.5. The second-order valence-electron chi connectivity index (χ2n) is 15.9. The third-order valence-electron chi connectivity index (χ3n) is 11.4. The van der Waals surface area contributed by atoms with Gasteiger partial charge < -0.3 is 67.6 Å². The van der Waals surface area contributed by atoms with E-state index in [4.69, 9.17) is 5.73 Å². The van der Waals surface area contributed by atoms with E-state index < -0.39 is 157 Å². The van der Waals surface area contributed by atoms with Gasteiger partial charge in [0.05, 0.1) is 25.6 Å². The van der Waals surface area contributed by atoms with E-state index in [0.717, 1.165) is 4.90 Å². The molecule has 5 rings (SSSR count). The number of benzene rings is 1. The van der Waals surface area contributed by atoms with Gasteiger partial charge in [0.1, 0.15) is 41.7 Å². The fourth-order valence-electron chi connectivity index (χ4n) is 7.57. The maximum Gasteiger partial charge on any atom is 0.248 e. The second-order valence-corrected chi connectivity index (χ2v) is 17.4. The molecule has 1 fully saturated rings. The number of nitrogens with one attached hydrogen (secondary N) is 8. The lowest BCUT2D eigenvalue weighted by Crippen LogP contribution is -2.61. The lowest BCUT2D eigenvalue weighted by molar-refractivity contribution is -0.143. The van der Waals surface area contributed by atoms with E-state index in [0.29, 0.717) is 18.4 Å². The number of primary amides is 1. The number of phenolic OH excluding ortho intramolecular Hbond substituents is 1. The SMILES string of the molecule is CC[C@H](C)[C@@H]1NC(=O)CNC(=O)[C@@H]2Cc3c([nH]c4ccc(O)cc34)[S+]([O-])C[C@H](NC(=O)CNC1=O)C(=O)N[C@@H](CC(N)=O)C(=O)N1C[C@H](O)C[C@H]1C(=O)N[C@@H]([C@@H](C)CC)C(=O)N2. The summed E-state index contributed by atoms with van der Waals surface area (Å²) in [6.45, 7) is 4.99. The van der Waals surface area contributed by atoms with Crippen molar-refractivity contribution in [1.29, 1.82) is 0 Å². The number of nitrogens with zero attached hydrogens (tertiary/aromatic N) is 1. The number of phenols is 1. The van der Waals surface area contributed by atoms with Crippen molar-refractivity contribution in [3.05, 3.63) is 23.8 Å². The number of carbonyl (C=O) groups is 9. The number of aromatic hydroxyl groups is 1. The second kappa shape index (κ2) is 20.3. The van der Waals surface area contributed by atoms with Crippen molar-refractivity contribution in [2.45, 2.75) is 107 Å². The van der Waals surface area contributed by atoms with E-state index >= 15 is 0 Å². The molecule has 12 N–H and O–H groups in total.